The highest BCUT2D eigenvalue weighted by atomic mass is 35.5. The maximum atomic E-state index is 13.2. The number of carbonyl (C=O) groups excluding carboxylic acids is 2. The van der Waals surface area contributed by atoms with Gasteiger partial charge in [0.25, 0.3) is 11.7 Å². The first kappa shape index (κ1) is 22.6. The summed E-state index contributed by atoms with van der Waals surface area (Å²) in [5, 5.41) is 11.6. The molecule has 1 saturated heterocycles. The van der Waals surface area contributed by atoms with E-state index < -0.39 is 17.7 Å². The summed E-state index contributed by atoms with van der Waals surface area (Å²) in [4.78, 5) is 32.1. The first-order valence-corrected chi connectivity index (χ1v) is 10.9. The van der Waals surface area contributed by atoms with E-state index in [2.05, 4.69) is 4.98 Å². The van der Waals surface area contributed by atoms with Gasteiger partial charge in [-0.3, -0.25) is 19.5 Å². The molecule has 1 atom stereocenters. The quantitative estimate of drug-likeness (QED) is 0.313. The number of anilines is 1. The van der Waals surface area contributed by atoms with Crippen molar-refractivity contribution in [1.82, 2.24) is 4.98 Å². The van der Waals surface area contributed by atoms with Crippen molar-refractivity contribution in [2.45, 2.75) is 26.8 Å². The number of carbonyl (C=O) groups is 2. The van der Waals surface area contributed by atoms with E-state index in [1.54, 1.807) is 42.7 Å². The molecule has 1 unspecified atom stereocenters. The Kier molecular flexibility index (Phi) is 6.20. The zero-order valence-corrected chi connectivity index (χ0v) is 19.3. The number of ketones is 1. The number of benzene rings is 2. The summed E-state index contributed by atoms with van der Waals surface area (Å²) in [5.74, 6) is -1.40. The number of rotatable bonds is 5. The van der Waals surface area contributed by atoms with Gasteiger partial charge >= 0.3 is 0 Å². The van der Waals surface area contributed by atoms with Crippen molar-refractivity contribution in [3.8, 4) is 5.75 Å². The number of hydrogen-bond donors (Lipinski definition) is 1. The number of aliphatic hydroxyl groups is 1. The largest absolute Gasteiger partial charge is 0.507 e. The summed E-state index contributed by atoms with van der Waals surface area (Å²) in [6.07, 6.45) is 3.20. The van der Waals surface area contributed by atoms with Crippen molar-refractivity contribution in [3.05, 3.63) is 93.8 Å². The summed E-state index contributed by atoms with van der Waals surface area (Å²) in [6, 6.07) is 13.1. The second kappa shape index (κ2) is 9.08. The Bertz CT molecular complexity index is 1250. The Morgan fingerprint density at radius 1 is 1.12 bits per heavy atom. The van der Waals surface area contributed by atoms with Crippen LogP contribution in [0, 0.1) is 13.8 Å². The minimum atomic E-state index is -0.842. The monoisotopic (exact) mass is 462 g/mol. The minimum Gasteiger partial charge on any atom is -0.507 e. The number of amides is 1. The lowest BCUT2D eigenvalue weighted by atomic mass is 9.96. The average molecular weight is 463 g/mol. The first-order chi connectivity index (χ1) is 15.8. The highest BCUT2D eigenvalue weighted by molar-refractivity contribution is 6.51. The van der Waals surface area contributed by atoms with Crippen LogP contribution in [0.15, 0.2) is 66.5 Å². The van der Waals surface area contributed by atoms with Gasteiger partial charge in [0.2, 0.25) is 0 Å². The Morgan fingerprint density at radius 2 is 1.85 bits per heavy atom. The molecule has 2 aromatic carbocycles. The highest BCUT2D eigenvalue weighted by Gasteiger charge is 2.47. The first-order valence-electron chi connectivity index (χ1n) is 10.5. The third-order valence-electron chi connectivity index (χ3n) is 5.43. The van der Waals surface area contributed by atoms with Crippen LogP contribution in [0.1, 0.15) is 35.2 Å². The molecule has 7 heteroatoms. The van der Waals surface area contributed by atoms with Crippen LogP contribution in [0.5, 0.6) is 5.75 Å². The van der Waals surface area contributed by atoms with Crippen LogP contribution in [0.4, 0.5) is 5.69 Å². The molecule has 0 spiro atoms. The van der Waals surface area contributed by atoms with E-state index in [0.29, 0.717) is 34.2 Å². The number of hydrogen-bond acceptors (Lipinski definition) is 5. The summed E-state index contributed by atoms with van der Waals surface area (Å²) >= 11 is 6.19. The lowest BCUT2D eigenvalue weighted by Crippen LogP contribution is -2.29. The van der Waals surface area contributed by atoms with Gasteiger partial charge in [0.1, 0.15) is 11.5 Å². The summed E-state index contributed by atoms with van der Waals surface area (Å²) in [5.41, 5.74) is 3.41. The zero-order chi connectivity index (χ0) is 23.7. The number of aliphatic hydroxyl groups excluding tert-OH is 1. The minimum absolute atomic E-state index is 0.0167. The molecule has 6 nitrogen and oxygen atoms in total. The molecule has 2 heterocycles. The predicted octanol–water partition coefficient (Wildman–Crippen LogP) is 5.38. The van der Waals surface area contributed by atoms with E-state index in [4.69, 9.17) is 16.3 Å². The van der Waals surface area contributed by atoms with Gasteiger partial charge in [-0.2, -0.15) is 0 Å². The van der Waals surface area contributed by atoms with Crippen molar-refractivity contribution in [2.24, 2.45) is 0 Å². The maximum Gasteiger partial charge on any atom is 0.300 e. The van der Waals surface area contributed by atoms with Crippen molar-refractivity contribution in [1.29, 1.82) is 0 Å². The molecular weight excluding hydrogens is 440 g/mol. The normalized spacial score (nSPS) is 17.5. The molecule has 1 amide bonds. The van der Waals surface area contributed by atoms with E-state index in [-0.39, 0.29) is 11.3 Å². The van der Waals surface area contributed by atoms with Crippen molar-refractivity contribution in [2.75, 3.05) is 11.5 Å². The molecule has 168 valence electrons. The molecule has 1 fully saturated rings. The molecule has 1 aliphatic rings. The smallest absolute Gasteiger partial charge is 0.300 e. The highest BCUT2D eigenvalue weighted by Crippen LogP contribution is 2.43. The van der Waals surface area contributed by atoms with Crippen LogP contribution in [0.25, 0.3) is 5.76 Å². The number of ether oxygens (including phenoxy) is 1. The molecule has 1 aromatic heterocycles. The molecule has 0 bridgehead atoms. The number of aryl methyl sites for hydroxylation is 2. The van der Waals surface area contributed by atoms with Crippen LogP contribution < -0.4 is 9.64 Å². The lowest BCUT2D eigenvalue weighted by Gasteiger charge is -2.26. The number of pyridine rings is 1. The molecule has 3 aromatic rings. The van der Waals surface area contributed by atoms with E-state index >= 15 is 0 Å². The summed E-state index contributed by atoms with van der Waals surface area (Å²) in [7, 11) is 0. The van der Waals surface area contributed by atoms with Gasteiger partial charge in [0.05, 0.1) is 23.2 Å². The van der Waals surface area contributed by atoms with Gasteiger partial charge in [-0.25, -0.2) is 0 Å². The van der Waals surface area contributed by atoms with Gasteiger partial charge in [0, 0.05) is 23.6 Å². The van der Waals surface area contributed by atoms with Gasteiger partial charge in [-0.1, -0.05) is 23.7 Å². The Hall–Kier alpha value is -3.64. The summed E-state index contributed by atoms with van der Waals surface area (Å²) < 4.78 is 5.53. The number of nitrogens with zero attached hydrogens (tertiary/aromatic N) is 2. The third-order valence-corrected chi connectivity index (χ3v) is 5.75. The average Bonchev–Trinajstić information content (AvgIpc) is 3.05. The lowest BCUT2D eigenvalue weighted by molar-refractivity contribution is -0.132. The van der Waals surface area contributed by atoms with Crippen LogP contribution in [-0.4, -0.2) is 28.4 Å². The summed E-state index contributed by atoms with van der Waals surface area (Å²) in [6.45, 7) is 6.06. The van der Waals surface area contributed by atoms with Crippen LogP contribution >= 0.6 is 11.6 Å². The maximum absolute atomic E-state index is 13.2. The second-order valence-corrected chi connectivity index (χ2v) is 8.29. The fourth-order valence-electron chi connectivity index (χ4n) is 4.11. The molecular formula is C26H23ClN2O4. The second-order valence-electron chi connectivity index (χ2n) is 7.88. The van der Waals surface area contributed by atoms with Crippen LogP contribution in [0.2, 0.25) is 5.02 Å². The number of Topliss-reactive ketones (excluding diaryl/α,β-unsaturated/α-hetero) is 1. The molecule has 0 saturated carbocycles. The van der Waals surface area contributed by atoms with E-state index in [1.165, 1.54) is 4.90 Å². The van der Waals surface area contributed by atoms with E-state index in [1.807, 2.05) is 39.0 Å². The molecule has 0 aliphatic carbocycles. The Balaban J connectivity index is 1.94. The van der Waals surface area contributed by atoms with Gasteiger partial charge in [0.15, 0.2) is 0 Å². The molecule has 1 N–H and O–H groups in total. The third kappa shape index (κ3) is 4.22. The fourth-order valence-corrected chi connectivity index (χ4v) is 4.29. The molecule has 4 rings (SSSR count). The standard InChI is InChI=1S/C26H23ClN2O4/c1-4-33-21-13-17(7-8-20(21)27)24(30)22-23(18-6-5-9-28-14-18)29(26(32)25(22)31)19-11-15(2)10-16(3)12-19/h5-14,23,30H,4H2,1-3H3/b24-22-. The molecule has 0 radical (unpaired) electrons. The van der Waals surface area contributed by atoms with Gasteiger partial charge in [-0.15, -0.1) is 0 Å². The fraction of sp³-hybridized carbons (Fsp3) is 0.192. The Morgan fingerprint density at radius 3 is 2.48 bits per heavy atom. The van der Waals surface area contributed by atoms with Crippen LogP contribution in [0.3, 0.4) is 0 Å². The number of halogens is 1. The SMILES string of the molecule is CCOc1cc(/C(O)=C2/C(=O)C(=O)N(c3cc(C)cc(C)c3)C2c2cccnc2)ccc1Cl. The van der Waals surface area contributed by atoms with Crippen molar-refractivity contribution >= 4 is 34.7 Å². The van der Waals surface area contributed by atoms with Crippen molar-refractivity contribution < 1.29 is 19.4 Å². The van der Waals surface area contributed by atoms with Crippen LogP contribution in [-0.2, 0) is 9.59 Å². The zero-order valence-electron chi connectivity index (χ0n) is 18.5. The molecule has 33 heavy (non-hydrogen) atoms. The molecule has 1 aliphatic heterocycles. The van der Waals surface area contributed by atoms with E-state index in [0.717, 1.165) is 11.1 Å². The predicted molar refractivity (Wildman–Crippen MR) is 128 cm³/mol. The van der Waals surface area contributed by atoms with Gasteiger partial charge < -0.3 is 9.84 Å². The van der Waals surface area contributed by atoms with Gasteiger partial charge in [-0.05, 0) is 73.9 Å². The Labute approximate surface area is 197 Å². The van der Waals surface area contributed by atoms with Crippen molar-refractivity contribution in [3.63, 3.8) is 0 Å². The number of aromatic nitrogens is 1. The van der Waals surface area contributed by atoms with E-state index in [9.17, 15) is 14.7 Å². The topological polar surface area (TPSA) is 79.7 Å².